The number of amides is 1. The van der Waals surface area contributed by atoms with E-state index in [2.05, 4.69) is 19.1 Å². The number of hydrogen-bond donors (Lipinski definition) is 0. The maximum atomic E-state index is 11.9. The van der Waals surface area contributed by atoms with Crippen LogP contribution in [-0.2, 0) is 4.79 Å². The average Bonchev–Trinajstić information content (AvgIpc) is 2.57. The molecule has 0 spiro atoms. The molecule has 0 atom stereocenters. The second-order valence-corrected chi connectivity index (χ2v) is 5.25. The zero-order valence-corrected chi connectivity index (χ0v) is 13.7. The van der Waals surface area contributed by atoms with Gasteiger partial charge in [0.15, 0.2) is 0 Å². The first-order chi connectivity index (χ1) is 11.2. The molecule has 0 aliphatic rings. The number of ether oxygens (including phenoxy) is 1. The van der Waals surface area contributed by atoms with Gasteiger partial charge in [-0.25, -0.2) is 0 Å². The van der Waals surface area contributed by atoms with Crippen molar-refractivity contribution in [3.05, 3.63) is 66.7 Å². The molecule has 0 N–H and O–H groups in total. The lowest BCUT2D eigenvalue weighted by molar-refractivity contribution is -0.116. The number of para-hydroxylation sites is 1. The van der Waals surface area contributed by atoms with Gasteiger partial charge in [-0.15, -0.1) is 0 Å². The van der Waals surface area contributed by atoms with Crippen molar-refractivity contribution in [3.8, 4) is 11.5 Å². The largest absolute Gasteiger partial charge is 0.457 e. The summed E-state index contributed by atoms with van der Waals surface area (Å²) in [6.07, 6.45) is 6.11. The normalized spacial score (nSPS) is 10.7. The van der Waals surface area contributed by atoms with E-state index >= 15 is 0 Å². The van der Waals surface area contributed by atoms with Crippen molar-refractivity contribution in [2.75, 3.05) is 11.4 Å². The quantitative estimate of drug-likeness (QED) is 0.659. The van der Waals surface area contributed by atoms with Crippen molar-refractivity contribution in [2.24, 2.45) is 0 Å². The van der Waals surface area contributed by atoms with Crippen molar-refractivity contribution in [2.45, 2.75) is 26.7 Å². The van der Waals surface area contributed by atoms with Crippen LogP contribution in [0.3, 0.4) is 0 Å². The van der Waals surface area contributed by atoms with Crippen molar-refractivity contribution in [1.29, 1.82) is 0 Å². The minimum Gasteiger partial charge on any atom is -0.457 e. The van der Waals surface area contributed by atoms with Gasteiger partial charge in [-0.05, 0) is 49.2 Å². The average molecular weight is 309 g/mol. The van der Waals surface area contributed by atoms with E-state index in [0.29, 0.717) is 6.54 Å². The van der Waals surface area contributed by atoms with Crippen molar-refractivity contribution in [1.82, 2.24) is 0 Å². The summed E-state index contributed by atoms with van der Waals surface area (Å²) < 4.78 is 5.77. The highest BCUT2D eigenvalue weighted by atomic mass is 16.5. The van der Waals surface area contributed by atoms with Crippen LogP contribution in [0.1, 0.15) is 26.7 Å². The standard InChI is InChI=1S/C20H23NO2/c1-3-4-5-9-16-21(17(2)22)18-12-14-20(15-13-18)23-19-10-7-6-8-11-19/h4-8,10-15H,3,9,16H2,1-2H3/b5-4-. The summed E-state index contributed by atoms with van der Waals surface area (Å²) in [6, 6.07) is 17.3. The van der Waals surface area contributed by atoms with Gasteiger partial charge in [0.1, 0.15) is 11.5 Å². The van der Waals surface area contributed by atoms with Crippen LogP contribution in [0.2, 0.25) is 0 Å². The van der Waals surface area contributed by atoms with E-state index in [1.54, 1.807) is 11.8 Å². The lowest BCUT2D eigenvalue weighted by Gasteiger charge is -2.20. The van der Waals surface area contributed by atoms with Crippen LogP contribution >= 0.6 is 0 Å². The maximum Gasteiger partial charge on any atom is 0.223 e. The number of carbonyl (C=O) groups excluding carboxylic acids is 1. The molecule has 0 aromatic heterocycles. The number of nitrogens with zero attached hydrogens (tertiary/aromatic N) is 1. The Kier molecular flexibility index (Phi) is 6.42. The number of allylic oxidation sites excluding steroid dienone is 1. The Hall–Kier alpha value is -2.55. The minimum atomic E-state index is 0.0478. The lowest BCUT2D eigenvalue weighted by atomic mass is 10.2. The van der Waals surface area contributed by atoms with Gasteiger partial charge >= 0.3 is 0 Å². The molecule has 3 nitrogen and oxygen atoms in total. The molecule has 2 rings (SSSR count). The van der Waals surface area contributed by atoms with Crippen LogP contribution in [0.15, 0.2) is 66.7 Å². The molecule has 0 fully saturated rings. The SMILES string of the molecule is CC/C=C\CCN(C(C)=O)c1ccc(Oc2ccccc2)cc1. The first-order valence-electron chi connectivity index (χ1n) is 7.96. The Morgan fingerprint density at radius 1 is 1.00 bits per heavy atom. The molecule has 0 saturated heterocycles. The number of rotatable bonds is 7. The van der Waals surface area contributed by atoms with Gasteiger partial charge in [0.25, 0.3) is 0 Å². The van der Waals surface area contributed by atoms with Gasteiger partial charge in [0, 0.05) is 19.2 Å². The molecule has 0 aliphatic carbocycles. The highest BCUT2D eigenvalue weighted by molar-refractivity contribution is 5.91. The summed E-state index contributed by atoms with van der Waals surface area (Å²) in [5.74, 6) is 1.61. The van der Waals surface area contributed by atoms with Crippen molar-refractivity contribution in [3.63, 3.8) is 0 Å². The third-order valence-corrected chi connectivity index (χ3v) is 3.43. The molecule has 23 heavy (non-hydrogen) atoms. The highest BCUT2D eigenvalue weighted by Crippen LogP contribution is 2.24. The first-order valence-corrected chi connectivity index (χ1v) is 7.96. The molecule has 3 heteroatoms. The topological polar surface area (TPSA) is 29.5 Å². The van der Waals surface area contributed by atoms with E-state index < -0.39 is 0 Å². The first kappa shape index (κ1) is 16.8. The maximum absolute atomic E-state index is 11.9. The monoisotopic (exact) mass is 309 g/mol. The molecule has 0 heterocycles. The number of anilines is 1. The van der Waals surface area contributed by atoms with Crippen LogP contribution in [0.25, 0.3) is 0 Å². The Morgan fingerprint density at radius 2 is 1.65 bits per heavy atom. The van der Waals surface area contributed by atoms with Crippen molar-refractivity contribution < 1.29 is 9.53 Å². The van der Waals surface area contributed by atoms with Gasteiger partial charge in [0.2, 0.25) is 5.91 Å². The molecule has 0 radical (unpaired) electrons. The predicted molar refractivity (Wildman–Crippen MR) is 95.0 cm³/mol. The summed E-state index contributed by atoms with van der Waals surface area (Å²) in [4.78, 5) is 13.6. The molecule has 120 valence electrons. The molecule has 1 amide bonds. The zero-order chi connectivity index (χ0) is 16.5. The number of hydrogen-bond acceptors (Lipinski definition) is 2. The molecule has 0 unspecified atom stereocenters. The molecule has 0 saturated carbocycles. The van der Waals surface area contributed by atoms with Gasteiger partial charge in [-0.3, -0.25) is 4.79 Å². The highest BCUT2D eigenvalue weighted by Gasteiger charge is 2.10. The second-order valence-electron chi connectivity index (χ2n) is 5.25. The van der Waals surface area contributed by atoms with Crippen LogP contribution < -0.4 is 9.64 Å². The number of benzene rings is 2. The fraction of sp³-hybridized carbons (Fsp3) is 0.250. The Morgan fingerprint density at radius 3 is 2.26 bits per heavy atom. The smallest absolute Gasteiger partial charge is 0.223 e. The van der Waals surface area contributed by atoms with Gasteiger partial charge in [0.05, 0.1) is 0 Å². The van der Waals surface area contributed by atoms with Gasteiger partial charge in [-0.1, -0.05) is 37.3 Å². The summed E-state index contributed by atoms with van der Waals surface area (Å²) in [6.45, 7) is 4.38. The Bertz CT molecular complexity index is 632. The summed E-state index contributed by atoms with van der Waals surface area (Å²) >= 11 is 0. The van der Waals surface area contributed by atoms with Crippen molar-refractivity contribution >= 4 is 11.6 Å². The van der Waals surface area contributed by atoms with Crippen LogP contribution in [0.4, 0.5) is 5.69 Å². The number of carbonyl (C=O) groups is 1. The zero-order valence-electron chi connectivity index (χ0n) is 13.7. The summed E-state index contributed by atoms with van der Waals surface area (Å²) in [5.41, 5.74) is 0.891. The second kappa shape index (κ2) is 8.79. The van der Waals surface area contributed by atoms with E-state index in [1.165, 1.54) is 0 Å². The summed E-state index contributed by atoms with van der Waals surface area (Å²) in [7, 11) is 0. The minimum absolute atomic E-state index is 0.0478. The van der Waals surface area contributed by atoms with E-state index in [1.807, 2.05) is 54.6 Å². The Balaban J connectivity index is 2.03. The van der Waals surface area contributed by atoms with E-state index in [4.69, 9.17) is 4.74 Å². The van der Waals surface area contributed by atoms with E-state index in [-0.39, 0.29) is 5.91 Å². The third kappa shape index (κ3) is 5.29. The van der Waals surface area contributed by atoms with Gasteiger partial charge < -0.3 is 9.64 Å². The Labute approximate surface area is 138 Å². The van der Waals surface area contributed by atoms with Crippen LogP contribution in [-0.4, -0.2) is 12.5 Å². The molecule has 0 bridgehead atoms. The third-order valence-electron chi connectivity index (χ3n) is 3.43. The molecular formula is C20H23NO2. The molecular weight excluding hydrogens is 286 g/mol. The van der Waals surface area contributed by atoms with E-state index in [9.17, 15) is 4.79 Å². The van der Waals surface area contributed by atoms with E-state index in [0.717, 1.165) is 30.0 Å². The predicted octanol–water partition coefficient (Wildman–Crippen LogP) is 5.19. The van der Waals surface area contributed by atoms with Crippen LogP contribution in [0.5, 0.6) is 11.5 Å². The van der Waals surface area contributed by atoms with Gasteiger partial charge in [-0.2, -0.15) is 0 Å². The lowest BCUT2D eigenvalue weighted by Crippen LogP contribution is -2.29. The molecule has 0 aliphatic heterocycles. The molecule has 2 aromatic carbocycles. The molecule has 2 aromatic rings. The summed E-state index contributed by atoms with van der Waals surface area (Å²) in [5, 5.41) is 0. The van der Waals surface area contributed by atoms with Crippen LogP contribution in [0, 0.1) is 0 Å². The fourth-order valence-corrected chi connectivity index (χ4v) is 2.28. The fourth-order valence-electron chi connectivity index (χ4n) is 2.28.